The molecule has 0 aliphatic heterocycles. The van der Waals surface area contributed by atoms with Crippen molar-refractivity contribution in [3.8, 4) is 0 Å². The summed E-state index contributed by atoms with van der Waals surface area (Å²) in [4.78, 5) is 24.0. The number of ether oxygens (including phenoxy) is 1. The lowest BCUT2D eigenvalue weighted by molar-refractivity contribution is -0.124. The predicted molar refractivity (Wildman–Crippen MR) is 115 cm³/mol. The summed E-state index contributed by atoms with van der Waals surface area (Å²) in [6.45, 7) is 5.00. The fourth-order valence-corrected chi connectivity index (χ4v) is 4.70. The smallest absolute Gasteiger partial charge is 0.338 e. The van der Waals surface area contributed by atoms with Gasteiger partial charge in [0.15, 0.2) is 6.61 Å². The van der Waals surface area contributed by atoms with Crippen molar-refractivity contribution in [1.29, 1.82) is 0 Å². The Morgan fingerprint density at radius 2 is 1.81 bits per heavy atom. The first-order chi connectivity index (χ1) is 14.6. The number of carbonyl (C=O) groups excluding carboxylic acids is 2. The molecule has 0 fully saturated rings. The lowest BCUT2D eigenvalue weighted by Gasteiger charge is -2.19. The summed E-state index contributed by atoms with van der Waals surface area (Å²) in [5, 5.41) is 2.50. The maximum Gasteiger partial charge on any atom is 0.338 e. The topological polar surface area (TPSA) is 92.8 Å². The summed E-state index contributed by atoms with van der Waals surface area (Å²) < 4.78 is 45.2. The summed E-state index contributed by atoms with van der Waals surface area (Å²) in [5.41, 5.74) is 1.00. The van der Waals surface area contributed by atoms with Crippen LogP contribution in [0.1, 0.15) is 35.3 Å². The van der Waals surface area contributed by atoms with Crippen LogP contribution in [0.5, 0.6) is 0 Å². The van der Waals surface area contributed by atoms with Crippen LogP contribution >= 0.6 is 11.6 Å². The van der Waals surface area contributed by atoms with E-state index in [0.29, 0.717) is 11.1 Å². The molecule has 1 amide bonds. The number of halogens is 2. The summed E-state index contributed by atoms with van der Waals surface area (Å²) in [6.07, 6.45) is 0. The average molecular weight is 471 g/mol. The van der Waals surface area contributed by atoms with E-state index in [1.807, 2.05) is 0 Å². The van der Waals surface area contributed by atoms with Crippen molar-refractivity contribution in [1.82, 2.24) is 9.62 Å². The monoisotopic (exact) mass is 470 g/mol. The SMILES string of the molecule is CCN(CC)S(=O)(=O)c1cc(C(=O)OCC(=O)NCc2ccc(C)c(F)c2)ccc1Cl. The summed E-state index contributed by atoms with van der Waals surface area (Å²) in [5.74, 6) is -1.83. The highest BCUT2D eigenvalue weighted by molar-refractivity contribution is 7.89. The van der Waals surface area contributed by atoms with E-state index in [1.165, 1.54) is 22.5 Å². The number of esters is 1. The van der Waals surface area contributed by atoms with Crippen molar-refractivity contribution in [2.75, 3.05) is 19.7 Å². The molecule has 7 nitrogen and oxygen atoms in total. The molecule has 2 rings (SSSR count). The molecule has 0 spiro atoms. The van der Waals surface area contributed by atoms with Gasteiger partial charge in [-0.05, 0) is 42.3 Å². The highest BCUT2D eigenvalue weighted by Crippen LogP contribution is 2.26. The van der Waals surface area contributed by atoms with Gasteiger partial charge < -0.3 is 10.1 Å². The normalized spacial score (nSPS) is 11.4. The van der Waals surface area contributed by atoms with Crippen molar-refractivity contribution < 1.29 is 27.1 Å². The number of carbonyl (C=O) groups is 2. The molecule has 0 aliphatic rings. The number of hydrogen-bond acceptors (Lipinski definition) is 5. The van der Waals surface area contributed by atoms with Gasteiger partial charge in [-0.25, -0.2) is 17.6 Å². The molecular weight excluding hydrogens is 447 g/mol. The Hall–Kier alpha value is -2.49. The number of amides is 1. The first-order valence-corrected chi connectivity index (χ1v) is 11.4. The number of hydrogen-bond donors (Lipinski definition) is 1. The largest absolute Gasteiger partial charge is 0.452 e. The van der Waals surface area contributed by atoms with E-state index in [-0.39, 0.29) is 40.9 Å². The second-order valence-electron chi connectivity index (χ2n) is 6.67. The van der Waals surface area contributed by atoms with E-state index in [9.17, 15) is 22.4 Å². The number of nitrogens with zero attached hydrogens (tertiary/aromatic N) is 1. The van der Waals surface area contributed by atoms with Crippen molar-refractivity contribution >= 4 is 33.5 Å². The van der Waals surface area contributed by atoms with Gasteiger partial charge in [-0.15, -0.1) is 0 Å². The Bertz CT molecular complexity index is 1070. The van der Waals surface area contributed by atoms with Gasteiger partial charge in [0.25, 0.3) is 5.91 Å². The molecule has 31 heavy (non-hydrogen) atoms. The number of sulfonamides is 1. The van der Waals surface area contributed by atoms with Crippen molar-refractivity contribution in [3.05, 3.63) is 63.9 Å². The molecule has 0 aliphatic carbocycles. The van der Waals surface area contributed by atoms with Gasteiger partial charge in [-0.1, -0.05) is 37.6 Å². The Balaban J connectivity index is 2.02. The van der Waals surface area contributed by atoms with E-state index in [0.717, 1.165) is 6.07 Å². The minimum Gasteiger partial charge on any atom is -0.452 e. The average Bonchev–Trinajstić information content (AvgIpc) is 2.73. The molecule has 2 aromatic rings. The molecule has 0 bridgehead atoms. The van der Waals surface area contributed by atoms with Gasteiger partial charge in [0, 0.05) is 19.6 Å². The van der Waals surface area contributed by atoms with Crippen molar-refractivity contribution in [3.63, 3.8) is 0 Å². The summed E-state index contributed by atoms with van der Waals surface area (Å²) >= 11 is 6.04. The van der Waals surface area contributed by atoms with Crippen LogP contribution in [0.15, 0.2) is 41.3 Å². The Labute approximate surface area is 186 Å². The fraction of sp³-hybridized carbons (Fsp3) is 0.333. The third kappa shape index (κ3) is 6.25. The van der Waals surface area contributed by atoms with E-state index < -0.39 is 28.5 Å². The van der Waals surface area contributed by atoms with Crippen LogP contribution in [-0.4, -0.2) is 44.3 Å². The quantitative estimate of drug-likeness (QED) is 0.568. The lowest BCUT2D eigenvalue weighted by Crippen LogP contribution is -2.31. The summed E-state index contributed by atoms with van der Waals surface area (Å²) in [7, 11) is -3.88. The Morgan fingerprint density at radius 1 is 1.13 bits per heavy atom. The van der Waals surface area contributed by atoms with Crippen molar-refractivity contribution in [2.24, 2.45) is 0 Å². The molecule has 0 saturated carbocycles. The molecule has 0 heterocycles. The zero-order valence-corrected chi connectivity index (χ0v) is 19.0. The van der Waals surface area contributed by atoms with Gasteiger partial charge in [0.2, 0.25) is 10.0 Å². The van der Waals surface area contributed by atoms with E-state index in [2.05, 4.69) is 5.32 Å². The standard InChI is InChI=1S/C21H24ClFN2O5S/c1-4-25(5-2)31(28,29)19-11-16(8-9-17(19)22)21(27)30-13-20(26)24-12-15-7-6-14(3)18(23)10-15/h6-11H,4-5,12-13H2,1-3H3,(H,24,26). The molecule has 0 unspecified atom stereocenters. The van der Waals surface area contributed by atoms with Gasteiger partial charge in [0.1, 0.15) is 10.7 Å². The molecule has 1 N–H and O–H groups in total. The molecule has 0 atom stereocenters. The number of rotatable bonds is 9. The third-order valence-corrected chi connectivity index (χ3v) is 7.08. The molecule has 10 heteroatoms. The minimum absolute atomic E-state index is 0.0217. The zero-order valence-electron chi connectivity index (χ0n) is 17.4. The highest BCUT2D eigenvalue weighted by atomic mass is 35.5. The fourth-order valence-electron chi connectivity index (χ4n) is 2.74. The maximum absolute atomic E-state index is 13.5. The number of benzene rings is 2. The van der Waals surface area contributed by atoms with Crippen LogP contribution in [0.3, 0.4) is 0 Å². The molecule has 2 aromatic carbocycles. The van der Waals surface area contributed by atoms with Gasteiger partial charge in [-0.2, -0.15) is 4.31 Å². The predicted octanol–water partition coefficient (Wildman–Crippen LogP) is 3.29. The van der Waals surface area contributed by atoms with Crippen LogP contribution in [0, 0.1) is 12.7 Å². The molecule has 0 saturated heterocycles. The second kappa shape index (κ2) is 10.7. The maximum atomic E-state index is 13.5. The third-order valence-electron chi connectivity index (χ3n) is 4.55. The second-order valence-corrected chi connectivity index (χ2v) is 8.98. The van der Waals surface area contributed by atoms with Crippen LogP contribution in [0.4, 0.5) is 4.39 Å². The van der Waals surface area contributed by atoms with E-state index in [1.54, 1.807) is 32.9 Å². The number of nitrogens with one attached hydrogen (secondary N) is 1. The van der Waals surface area contributed by atoms with Crippen LogP contribution in [-0.2, 0) is 26.1 Å². The highest BCUT2D eigenvalue weighted by Gasteiger charge is 2.26. The summed E-state index contributed by atoms with van der Waals surface area (Å²) in [6, 6.07) is 8.33. The number of aryl methyl sites for hydroxylation is 1. The van der Waals surface area contributed by atoms with Crippen LogP contribution in [0.2, 0.25) is 5.02 Å². The van der Waals surface area contributed by atoms with Crippen LogP contribution < -0.4 is 5.32 Å². The Kier molecular flexibility index (Phi) is 8.55. The molecule has 168 valence electrons. The van der Waals surface area contributed by atoms with Gasteiger partial charge in [-0.3, -0.25) is 4.79 Å². The van der Waals surface area contributed by atoms with E-state index in [4.69, 9.17) is 16.3 Å². The molecule has 0 aromatic heterocycles. The minimum atomic E-state index is -3.88. The molecule has 0 radical (unpaired) electrons. The van der Waals surface area contributed by atoms with Crippen molar-refractivity contribution in [2.45, 2.75) is 32.2 Å². The van der Waals surface area contributed by atoms with Gasteiger partial charge >= 0.3 is 5.97 Å². The lowest BCUT2D eigenvalue weighted by atomic mass is 10.1. The van der Waals surface area contributed by atoms with Gasteiger partial charge in [0.05, 0.1) is 10.6 Å². The Morgan fingerprint density at radius 3 is 2.42 bits per heavy atom. The first-order valence-electron chi connectivity index (χ1n) is 9.58. The molecular formula is C21H24ClFN2O5S. The first kappa shape index (κ1) is 24.8. The van der Waals surface area contributed by atoms with E-state index >= 15 is 0 Å². The van der Waals surface area contributed by atoms with Crippen LogP contribution in [0.25, 0.3) is 0 Å². The zero-order chi connectivity index (χ0) is 23.2.